The van der Waals surface area contributed by atoms with Crippen molar-refractivity contribution in [3.63, 3.8) is 0 Å². The van der Waals surface area contributed by atoms with Crippen molar-refractivity contribution in [3.05, 3.63) is 0 Å². The van der Waals surface area contributed by atoms with Gasteiger partial charge in [-0.3, -0.25) is 4.79 Å². The van der Waals surface area contributed by atoms with E-state index in [9.17, 15) is 4.79 Å². The maximum atomic E-state index is 13.0. The van der Waals surface area contributed by atoms with E-state index in [1.165, 1.54) is 212 Å². The average molecular weight is 721 g/mol. The summed E-state index contributed by atoms with van der Waals surface area (Å²) in [4.78, 5) is 18.0. The SMILES string of the molecule is CCCCCCCCC(CCCCCC)CCCCCCN(CCCCCCOC(=O)C(CCCCCC)CCCCCCCC)CCN(C)C. The molecule has 0 aromatic rings. The van der Waals surface area contributed by atoms with Crippen LogP contribution >= 0.6 is 0 Å². The lowest BCUT2D eigenvalue weighted by molar-refractivity contribution is -0.149. The lowest BCUT2D eigenvalue weighted by atomic mass is 9.89. The molecule has 0 heterocycles. The first kappa shape index (κ1) is 50.4. The third-order valence-electron chi connectivity index (χ3n) is 11.4. The van der Waals surface area contributed by atoms with Crippen molar-refractivity contribution in [2.24, 2.45) is 11.8 Å². The van der Waals surface area contributed by atoms with Crippen molar-refractivity contribution in [2.75, 3.05) is 46.9 Å². The molecule has 0 aromatic carbocycles. The molecular weight excluding hydrogens is 625 g/mol. The van der Waals surface area contributed by atoms with Crippen LogP contribution in [-0.4, -0.2) is 62.7 Å². The minimum absolute atomic E-state index is 0.0928. The molecule has 0 amide bonds. The Bertz CT molecular complexity index is 683. The molecule has 0 radical (unpaired) electrons. The van der Waals surface area contributed by atoms with Gasteiger partial charge < -0.3 is 14.5 Å². The highest BCUT2D eigenvalue weighted by atomic mass is 16.5. The quantitative estimate of drug-likeness (QED) is 0.0464. The molecule has 0 aliphatic carbocycles. The first-order valence-electron chi connectivity index (χ1n) is 23.5. The Hall–Kier alpha value is -0.610. The predicted molar refractivity (Wildman–Crippen MR) is 228 cm³/mol. The van der Waals surface area contributed by atoms with E-state index in [1.54, 1.807) is 0 Å². The summed E-state index contributed by atoms with van der Waals surface area (Å²) in [7, 11) is 4.40. The summed E-state index contributed by atoms with van der Waals surface area (Å²) in [5, 5.41) is 0. The van der Waals surface area contributed by atoms with Crippen LogP contribution in [0.25, 0.3) is 0 Å². The van der Waals surface area contributed by atoms with Gasteiger partial charge in [0.2, 0.25) is 0 Å². The maximum absolute atomic E-state index is 13.0. The van der Waals surface area contributed by atoms with Gasteiger partial charge in [0.1, 0.15) is 0 Å². The standard InChI is InChI=1S/C47H96N2O2/c1-7-11-15-19-21-28-36-45(35-27-17-13-9-3)37-29-23-24-32-40-49(43-42-48(5)6)41-33-25-26-34-44-51-47(50)46(38-30-18-14-10-4)39-31-22-20-16-12-8-2/h45-46H,7-44H2,1-6H3. The topological polar surface area (TPSA) is 32.8 Å². The summed E-state index contributed by atoms with van der Waals surface area (Å²) < 4.78 is 5.86. The molecule has 4 nitrogen and oxygen atoms in total. The molecule has 306 valence electrons. The number of carbonyl (C=O) groups is 1. The molecular formula is C47H96N2O2. The maximum Gasteiger partial charge on any atom is 0.308 e. The van der Waals surface area contributed by atoms with Crippen molar-refractivity contribution in [2.45, 2.75) is 240 Å². The number of carbonyl (C=O) groups excluding carboxylic acids is 1. The van der Waals surface area contributed by atoms with Gasteiger partial charge in [-0.1, -0.05) is 207 Å². The van der Waals surface area contributed by atoms with Crippen LogP contribution in [0.2, 0.25) is 0 Å². The zero-order chi connectivity index (χ0) is 37.5. The molecule has 0 aliphatic rings. The third kappa shape index (κ3) is 36.2. The van der Waals surface area contributed by atoms with Gasteiger partial charge >= 0.3 is 5.97 Å². The van der Waals surface area contributed by atoms with Crippen LogP contribution in [0, 0.1) is 11.8 Å². The second-order valence-electron chi connectivity index (χ2n) is 16.8. The van der Waals surface area contributed by atoms with Gasteiger partial charge in [-0.15, -0.1) is 0 Å². The second kappa shape index (κ2) is 40.6. The molecule has 51 heavy (non-hydrogen) atoms. The molecule has 0 fully saturated rings. The van der Waals surface area contributed by atoms with E-state index in [4.69, 9.17) is 4.74 Å². The Morgan fingerprint density at radius 3 is 1.20 bits per heavy atom. The molecule has 0 bridgehead atoms. The Morgan fingerprint density at radius 1 is 0.412 bits per heavy atom. The number of hydrogen-bond donors (Lipinski definition) is 0. The molecule has 2 unspecified atom stereocenters. The minimum atomic E-state index is 0.0928. The largest absolute Gasteiger partial charge is 0.465 e. The minimum Gasteiger partial charge on any atom is -0.465 e. The van der Waals surface area contributed by atoms with Gasteiger partial charge in [0, 0.05) is 13.1 Å². The van der Waals surface area contributed by atoms with E-state index in [1.807, 2.05) is 0 Å². The smallest absolute Gasteiger partial charge is 0.308 e. The highest BCUT2D eigenvalue weighted by Crippen LogP contribution is 2.25. The number of likely N-dealkylation sites (N-methyl/N-ethyl adjacent to an activating group) is 1. The third-order valence-corrected chi connectivity index (χ3v) is 11.4. The lowest BCUT2D eigenvalue weighted by Gasteiger charge is -2.24. The Balaban J connectivity index is 4.36. The van der Waals surface area contributed by atoms with E-state index in [0.717, 1.165) is 31.7 Å². The molecule has 0 aromatic heterocycles. The van der Waals surface area contributed by atoms with E-state index < -0.39 is 0 Å². The van der Waals surface area contributed by atoms with Crippen molar-refractivity contribution < 1.29 is 9.53 Å². The predicted octanol–water partition coefficient (Wildman–Crippen LogP) is 14.6. The molecule has 2 atom stereocenters. The molecule has 4 heteroatoms. The summed E-state index contributed by atoms with van der Waals surface area (Å²) in [6.07, 6.45) is 43.7. The lowest BCUT2D eigenvalue weighted by Crippen LogP contribution is -2.33. The van der Waals surface area contributed by atoms with Crippen molar-refractivity contribution in [3.8, 4) is 0 Å². The van der Waals surface area contributed by atoms with Crippen LogP contribution in [0.5, 0.6) is 0 Å². The fourth-order valence-electron chi connectivity index (χ4n) is 7.76. The average Bonchev–Trinajstić information content (AvgIpc) is 3.12. The van der Waals surface area contributed by atoms with Crippen molar-refractivity contribution in [1.29, 1.82) is 0 Å². The van der Waals surface area contributed by atoms with E-state index >= 15 is 0 Å². The van der Waals surface area contributed by atoms with Crippen LogP contribution in [0.3, 0.4) is 0 Å². The van der Waals surface area contributed by atoms with Gasteiger partial charge in [-0.2, -0.15) is 0 Å². The van der Waals surface area contributed by atoms with E-state index in [0.29, 0.717) is 6.61 Å². The zero-order valence-corrected chi connectivity index (χ0v) is 36.2. The van der Waals surface area contributed by atoms with Crippen LogP contribution in [0.4, 0.5) is 0 Å². The normalized spacial score (nSPS) is 13.0. The zero-order valence-electron chi connectivity index (χ0n) is 36.2. The molecule has 0 N–H and O–H groups in total. The molecule has 0 rings (SSSR count). The van der Waals surface area contributed by atoms with Crippen LogP contribution in [0.15, 0.2) is 0 Å². The van der Waals surface area contributed by atoms with Crippen LogP contribution in [0.1, 0.15) is 240 Å². The molecule has 0 aliphatic heterocycles. The van der Waals surface area contributed by atoms with E-state index in [2.05, 4.69) is 51.6 Å². The number of rotatable bonds is 42. The van der Waals surface area contributed by atoms with Crippen molar-refractivity contribution in [1.82, 2.24) is 9.80 Å². The molecule has 0 saturated carbocycles. The fraction of sp³-hybridized carbons (Fsp3) is 0.979. The summed E-state index contributed by atoms with van der Waals surface area (Å²) >= 11 is 0. The van der Waals surface area contributed by atoms with Crippen molar-refractivity contribution >= 4 is 5.97 Å². The van der Waals surface area contributed by atoms with Gasteiger partial charge in [-0.25, -0.2) is 0 Å². The summed E-state index contributed by atoms with van der Waals surface area (Å²) in [6.45, 7) is 14.6. The van der Waals surface area contributed by atoms with Gasteiger partial charge in [0.15, 0.2) is 0 Å². The Morgan fingerprint density at radius 2 is 0.765 bits per heavy atom. The van der Waals surface area contributed by atoms with Gasteiger partial charge in [-0.05, 0) is 65.2 Å². The molecule has 0 saturated heterocycles. The Labute approximate surface area is 322 Å². The fourth-order valence-corrected chi connectivity index (χ4v) is 7.76. The number of unbranched alkanes of at least 4 members (excludes halogenated alkanes) is 22. The highest BCUT2D eigenvalue weighted by Gasteiger charge is 2.19. The highest BCUT2D eigenvalue weighted by molar-refractivity contribution is 5.72. The van der Waals surface area contributed by atoms with Crippen LogP contribution in [-0.2, 0) is 9.53 Å². The number of hydrogen-bond acceptors (Lipinski definition) is 4. The monoisotopic (exact) mass is 721 g/mol. The Kier molecular flexibility index (Phi) is 40.1. The number of ether oxygens (including phenoxy) is 1. The first-order valence-corrected chi connectivity index (χ1v) is 23.5. The van der Waals surface area contributed by atoms with Gasteiger partial charge in [0.25, 0.3) is 0 Å². The first-order chi connectivity index (χ1) is 25.0. The number of esters is 1. The van der Waals surface area contributed by atoms with E-state index in [-0.39, 0.29) is 11.9 Å². The number of nitrogens with zero attached hydrogens (tertiary/aromatic N) is 2. The summed E-state index contributed by atoms with van der Waals surface area (Å²) in [6, 6.07) is 0. The summed E-state index contributed by atoms with van der Waals surface area (Å²) in [5.41, 5.74) is 0. The van der Waals surface area contributed by atoms with Gasteiger partial charge in [0.05, 0.1) is 12.5 Å². The molecule has 0 spiro atoms. The van der Waals surface area contributed by atoms with Crippen LogP contribution < -0.4 is 0 Å². The second-order valence-corrected chi connectivity index (χ2v) is 16.8. The summed E-state index contributed by atoms with van der Waals surface area (Å²) in [5.74, 6) is 1.20.